The minimum atomic E-state index is 0.0194. The average Bonchev–Trinajstić information content (AvgIpc) is 2.62. The summed E-state index contributed by atoms with van der Waals surface area (Å²) in [5.41, 5.74) is 1.81. The Morgan fingerprint density at radius 2 is 2.20 bits per heavy atom. The van der Waals surface area contributed by atoms with Gasteiger partial charge in [0, 0.05) is 44.2 Å². The number of amides is 1. The van der Waals surface area contributed by atoms with Gasteiger partial charge in [-0.15, -0.1) is 0 Å². The Labute approximate surface area is 147 Å². The van der Waals surface area contributed by atoms with Crippen LogP contribution in [0.25, 0.3) is 0 Å². The standard InChI is InChI=1S/C18H23N5O2/c1-13-5-3-7-15(21-13)22-18-17(19-8-9-20-18)14-6-4-10-23(11-14)16(24)12-25-2/h3,5,7-9,14H,4,6,10-12H2,1-2H3,(H,20,21,22). The van der Waals surface area contributed by atoms with Crippen LogP contribution < -0.4 is 5.32 Å². The maximum atomic E-state index is 12.1. The van der Waals surface area contributed by atoms with Crippen LogP contribution in [0.15, 0.2) is 30.6 Å². The molecule has 0 aromatic carbocycles. The van der Waals surface area contributed by atoms with Gasteiger partial charge in [-0.3, -0.25) is 9.78 Å². The van der Waals surface area contributed by atoms with E-state index in [0.717, 1.165) is 36.6 Å². The van der Waals surface area contributed by atoms with Gasteiger partial charge < -0.3 is 15.0 Å². The van der Waals surface area contributed by atoms with Gasteiger partial charge in [0.05, 0.1) is 5.69 Å². The first kappa shape index (κ1) is 17.3. The van der Waals surface area contributed by atoms with E-state index >= 15 is 0 Å². The summed E-state index contributed by atoms with van der Waals surface area (Å²) < 4.78 is 4.97. The molecule has 2 aromatic rings. The van der Waals surface area contributed by atoms with Crippen LogP contribution in [0.3, 0.4) is 0 Å². The molecule has 132 valence electrons. The van der Waals surface area contributed by atoms with Gasteiger partial charge in [-0.05, 0) is 31.9 Å². The zero-order valence-corrected chi connectivity index (χ0v) is 14.6. The van der Waals surface area contributed by atoms with E-state index in [1.807, 2.05) is 30.0 Å². The third-order valence-electron chi connectivity index (χ3n) is 4.29. The molecule has 0 saturated carbocycles. The van der Waals surface area contributed by atoms with Gasteiger partial charge in [-0.1, -0.05) is 6.07 Å². The van der Waals surface area contributed by atoms with Crippen LogP contribution in [0.2, 0.25) is 0 Å². The Morgan fingerprint density at radius 1 is 1.36 bits per heavy atom. The van der Waals surface area contributed by atoms with E-state index in [-0.39, 0.29) is 18.4 Å². The van der Waals surface area contributed by atoms with E-state index in [1.54, 1.807) is 19.5 Å². The Bertz CT molecular complexity index is 737. The molecule has 3 heterocycles. The predicted molar refractivity (Wildman–Crippen MR) is 94.7 cm³/mol. The molecular weight excluding hydrogens is 318 g/mol. The molecule has 0 bridgehead atoms. The number of rotatable bonds is 5. The highest BCUT2D eigenvalue weighted by Crippen LogP contribution is 2.30. The maximum Gasteiger partial charge on any atom is 0.248 e. The molecule has 1 unspecified atom stereocenters. The molecular formula is C18H23N5O2. The molecule has 25 heavy (non-hydrogen) atoms. The summed E-state index contributed by atoms with van der Waals surface area (Å²) in [6, 6.07) is 5.80. The lowest BCUT2D eigenvalue weighted by Gasteiger charge is -2.32. The van der Waals surface area contributed by atoms with E-state index in [2.05, 4.69) is 20.3 Å². The van der Waals surface area contributed by atoms with Crippen LogP contribution in [0.5, 0.6) is 0 Å². The molecule has 2 aromatic heterocycles. The van der Waals surface area contributed by atoms with Gasteiger partial charge >= 0.3 is 0 Å². The van der Waals surface area contributed by atoms with Crippen molar-refractivity contribution in [2.45, 2.75) is 25.7 Å². The van der Waals surface area contributed by atoms with Crippen LogP contribution in [0.1, 0.15) is 30.1 Å². The van der Waals surface area contributed by atoms with Crippen molar-refractivity contribution in [3.05, 3.63) is 42.0 Å². The molecule has 1 amide bonds. The molecule has 1 atom stereocenters. The fraction of sp³-hybridized carbons (Fsp3) is 0.444. The van der Waals surface area contributed by atoms with Crippen molar-refractivity contribution in [1.29, 1.82) is 0 Å². The van der Waals surface area contributed by atoms with Gasteiger partial charge in [0.1, 0.15) is 12.4 Å². The van der Waals surface area contributed by atoms with E-state index in [0.29, 0.717) is 12.4 Å². The van der Waals surface area contributed by atoms with Crippen molar-refractivity contribution in [3.8, 4) is 0 Å². The van der Waals surface area contributed by atoms with Crippen LogP contribution in [-0.2, 0) is 9.53 Å². The van der Waals surface area contributed by atoms with Gasteiger partial charge in [-0.25, -0.2) is 9.97 Å². The van der Waals surface area contributed by atoms with Crippen molar-refractivity contribution in [2.75, 3.05) is 32.1 Å². The molecule has 1 N–H and O–H groups in total. The van der Waals surface area contributed by atoms with Crippen LogP contribution >= 0.6 is 0 Å². The predicted octanol–water partition coefficient (Wildman–Crippen LogP) is 2.28. The van der Waals surface area contributed by atoms with Crippen molar-refractivity contribution >= 4 is 17.5 Å². The van der Waals surface area contributed by atoms with Gasteiger partial charge in [0.25, 0.3) is 0 Å². The Hall–Kier alpha value is -2.54. The van der Waals surface area contributed by atoms with Gasteiger partial charge in [-0.2, -0.15) is 0 Å². The minimum absolute atomic E-state index is 0.0194. The smallest absolute Gasteiger partial charge is 0.248 e. The second kappa shape index (κ2) is 8.02. The molecule has 1 aliphatic heterocycles. The number of aryl methyl sites for hydroxylation is 1. The Kier molecular flexibility index (Phi) is 5.55. The SMILES string of the molecule is COCC(=O)N1CCCC(c2nccnc2Nc2cccc(C)n2)C1. The first-order valence-corrected chi connectivity index (χ1v) is 8.45. The number of nitrogens with zero attached hydrogens (tertiary/aromatic N) is 4. The first-order chi connectivity index (χ1) is 12.2. The number of hydrogen-bond donors (Lipinski definition) is 1. The number of likely N-dealkylation sites (tertiary alicyclic amines) is 1. The zero-order chi connectivity index (χ0) is 17.6. The topological polar surface area (TPSA) is 80.2 Å². The van der Waals surface area contributed by atoms with E-state index in [9.17, 15) is 4.79 Å². The number of nitrogens with one attached hydrogen (secondary N) is 1. The largest absolute Gasteiger partial charge is 0.375 e. The van der Waals surface area contributed by atoms with E-state index in [4.69, 9.17) is 4.74 Å². The van der Waals surface area contributed by atoms with Crippen LogP contribution in [-0.4, -0.2) is 52.6 Å². The normalized spacial score (nSPS) is 17.4. The van der Waals surface area contributed by atoms with Crippen LogP contribution in [0, 0.1) is 6.92 Å². The molecule has 7 heteroatoms. The lowest BCUT2D eigenvalue weighted by Crippen LogP contribution is -2.41. The molecule has 3 rings (SSSR count). The van der Waals surface area contributed by atoms with Crippen LogP contribution in [0.4, 0.5) is 11.6 Å². The number of carbonyl (C=O) groups excluding carboxylic acids is 1. The average molecular weight is 341 g/mol. The van der Waals surface area contributed by atoms with E-state index in [1.165, 1.54) is 0 Å². The molecule has 7 nitrogen and oxygen atoms in total. The third kappa shape index (κ3) is 4.30. The number of anilines is 2. The summed E-state index contributed by atoms with van der Waals surface area (Å²) in [4.78, 5) is 27.4. The number of piperidine rings is 1. The number of ether oxygens (including phenoxy) is 1. The monoisotopic (exact) mass is 341 g/mol. The summed E-state index contributed by atoms with van der Waals surface area (Å²) in [5, 5.41) is 3.27. The highest BCUT2D eigenvalue weighted by Gasteiger charge is 2.27. The van der Waals surface area contributed by atoms with E-state index < -0.39 is 0 Å². The summed E-state index contributed by atoms with van der Waals surface area (Å²) in [6.45, 7) is 3.46. The van der Waals surface area contributed by atoms with Gasteiger partial charge in [0.2, 0.25) is 5.91 Å². The summed E-state index contributed by atoms with van der Waals surface area (Å²) in [7, 11) is 1.54. The highest BCUT2D eigenvalue weighted by atomic mass is 16.5. The lowest BCUT2D eigenvalue weighted by molar-refractivity contribution is -0.136. The minimum Gasteiger partial charge on any atom is -0.375 e. The fourth-order valence-corrected chi connectivity index (χ4v) is 3.12. The zero-order valence-electron chi connectivity index (χ0n) is 14.6. The summed E-state index contributed by atoms with van der Waals surface area (Å²) in [6.07, 6.45) is 5.28. The van der Waals surface area contributed by atoms with Crippen molar-refractivity contribution in [3.63, 3.8) is 0 Å². The van der Waals surface area contributed by atoms with Gasteiger partial charge in [0.15, 0.2) is 5.82 Å². The van der Waals surface area contributed by atoms with Crippen molar-refractivity contribution < 1.29 is 9.53 Å². The number of methoxy groups -OCH3 is 1. The number of carbonyl (C=O) groups is 1. The first-order valence-electron chi connectivity index (χ1n) is 8.45. The lowest BCUT2D eigenvalue weighted by atomic mass is 9.94. The maximum absolute atomic E-state index is 12.1. The molecule has 0 radical (unpaired) electrons. The van der Waals surface area contributed by atoms with Crippen molar-refractivity contribution in [2.24, 2.45) is 0 Å². The molecule has 0 spiro atoms. The highest BCUT2D eigenvalue weighted by molar-refractivity contribution is 5.77. The second-order valence-corrected chi connectivity index (χ2v) is 6.19. The summed E-state index contributed by atoms with van der Waals surface area (Å²) in [5.74, 6) is 1.61. The molecule has 1 saturated heterocycles. The number of aromatic nitrogens is 3. The number of hydrogen-bond acceptors (Lipinski definition) is 6. The molecule has 1 fully saturated rings. The fourth-order valence-electron chi connectivity index (χ4n) is 3.12. The quantitative estimate of drug-likeness (QED) is 0.899. The second-order valence-electron chi connectivity index (χ2n) is 6.19. The third-order valence-corrected chi connectivity index (χ3v) is 4.29. The van der Waals surface area contributed by atoms with Crippen molar-refractivity contribution in [1.82, 2.24) is 19.9 Å². The number of pyridine rings is 1. The summed E-state index contributed by atoms with van der Waals surface area (Å²) >= 11 is 0. The Balaban J connectivity index is 1.79. The molecule has 0 aliphatic carbocycles. The Morgan fingerprint density at radius 3 is 3.00 bits per heavy atom. The molecule has 1 aliphatic rings.